The molecule has 7 heterocycles. The van der Waals surface area contributed by atoms with Crippen LogP contribution in [0.25, 0.3) is 22.0 Å². The van der Waals surface area contributed by atoms with Gasteiger partial charge < -0.3 is 39.1 Å². The van der Waals surface area contributed by atoms with Crippen LogP contribution in [-0.2, 0) is 20.6 Å². The van der Waals surface area contributed by atoms with Gasteiger partial charge in [-0.1, -0.05) is 19.1 Å². The maximum absolute atomic E-state index is 13.7. The summed E-state index contributed by atoms with van der Waals surface area (Å²) in [4.78, 5) is 61.8. The summed E-state index contributed by atoms with van der Waals surface area (Å²) in [6.45, 7) is 16.7. The van der Waals surface area contributed by atoms with Crippen LogP contribution in [-0.4, -0.2) is 126 Å². The fourth-order valence-electron chi connectivity index (χ4n) is 11.0. The molecule has 2 amide bonds. The molecule has 19 heteroatoms. The maximum atomic E-state index is 13.7. The average Bonchev–Trinajstić information content (AvgIpc) is 4.10. The third-order valence-corrected chi connectivity index (χ3v) is 17.0. The Morgan fingerprint density at radius 3 is 2.39 bits per heavy atom. The van der Waals surface area contributed by atoms with E-state index in [1.807, 2.05) is 49.4 Å². The third kappa shape index (κ3) is 9.80. The molecule has 1 unspecified atom stereocenters. The van der Waals surface area contributed by atoms with Crippen molar-refractivity contribution in [3.05, 3.63) is 87.1 Å². The number of benzene rings is 3. The number of piperazine rings is 1. The fourth-order valence-corrected chi connectivity index (χ4v) is 12.8. The Labute approximate surface area is 421 Å². The monoisotopic (exact) mass is 1050 g/mol. The van der Waals surface area contributed by atoms with E-state index in [-0.39, 0.29) is 24.9 Å². The number of oxazole rings is 1. The molecule has 17 nitrogen and oxygen atoms in total. The summed E-state index contributed by atoms with van der Waals surface area (Å²) < 4.78 is 28.2. The Hall–Kier alpha value is -5.81. The van der Waals surface area contributed by atoms with Gasteiger partial charge in [0, 0.05) is 112 Å². The zero-order valence-electron chi connectivity index (χ0n) is 40.7. The second-order valence-electron chi connectivity index (χ2n) is 20.3. The number of nitrogens with one attached hydrogen (secondary N) is 3. The van der Waals surface area contributed by atoms with Gasteiger partial charge in [0.05, 0.1) is 38.7 Å². The van der Waals surface area contributed by atoms with Crippen molar-refractivity contribution < 1.29 is 23.3 Å². The molecule has 3 aromatic carbocycles. The summed E-state index contributed by atoms with van der Waals surface area (Å²) in [6.07, 6.45) is 7.54. The minimum atomic E-state index is -2.73. The molecular weight excluding hydrogens is 986 g/mol. The van der Waals surface area contributed by atoms with E-state index in [9.17, 15) is 18.9 Å². The van der Waals surface area contributed by atoms with Crippen LogP contribution in [0.3, 0.4) is 0 Å². The fraction of sp³-hybridized carbons (Fsp3) is 0.462. The second-order valence-corrected chi connectivity index (χ2v) is 24.3. The number of piperidine rings is 2. The van der Waals surface area contributed by atoms with Gasteiger partial charge in [0.2, 0.25) is 17.8 Å². The number of hydrogen-bond donors (Lipinski definition) is 3. The van der Waals surface area contributed by atoms with Gasteiger partial charge >= 0.3 is 5.76 Å². The van der Waals surface area contributed by atoms with Gasteiger partial charge in [-0.15, -0.1) is 0 Å². The van der Waals surface area contributed by atoms with Gasteiger partial charge in [0.25, 0.3) is 0 Å². The van der Waals surface area contributed by atoms with Gasteiger partial charge in [0.1, 0.15) is 24.8 Å². The number of para-hydroxylation sites is 1. The SMILES string of the molecule is CCc1cc(Nc2ncc(Br)c(Nc3ccc4nc(C)ccc4c3P(C)(C)=O)n2)c(OC2CC2)cc1N1CCC(N2CCN(CC3CN(c4cccc5c4oc(=O)n5C4CCC(=O)NC4=O)C3)CC2)CC1. The highest BCUT2D eigenvalue weighted by molar-refractivity contribution is 9.10. The van der Waals surface area contributed by atoms with Crippen molar-refractivity contribution in [3.63, 3.8) is 0 Å². The molecule has 71 heavy (non-hydrogen) atoms. The smallest absolute Gasteiger partial charge is 0.420 e. The number of imide groups is 1. The predicted octanol–water partition coefficient (Wildman–Crippen LogP) is 7.54. The van der Waals surface area contributed by atoms with Crippen molar-refractivity contribution in [2.75, 3.05) is 92.7 Å². The first-order chi connectivity index (χ1) is 34.3. The molecule has 4 saturated heterocycles. The number of anilines is 6. The van der Waals surface area contributed by atoms with E-state index >= 15 is 0 Å². The predicted molar refractivity (Wildman–Crippen MR) is 282 cm³/mol. The van der Waals surface area contributed by atoms with E-state index in [4.69, 9.17) is 14.1 Å². The van der Waals surface area contributed by atoms with Crippen molar-refractivity contribution in [2.45, 2.75) is 77.0 Å². The lowest BCUT2D eigenvalue weighted by molar-refractivity contribution is -0.135. The van der Waals surface area contributed by atoms with Gasteiger partial charge in [0.15, 0.2) is 5.58 Å². The van der Waals surface area contributed by atoms with E-state index in [0.29, 0.717) is 39.3 Å². The first-order valence-electron chi connectivity index (χ1n) is 25.1. The number of fused-ring (bicyclic) bond motifs is 2. The molecule has 1 aliphatic carbocycles. The molecule has 3 aromatic heterocycles. The van der Waals surface area contributed by atoms with Crippen LogP contribution in [0, 0.1) is 12.8 Å². The third-order valence-electron chi connectivity index (χ3n) is 14.8. The molecule has 0 spiro atoms. The maximum Gasteiger partial charge on any atom is 0.420 e. The Morgan fingerprint density at radius 2 is 1.66 bits per heavy atom. The summed E-state index contributed by atoms with van der Waals surface area (Å²) in [5, 5.41) is 10.9. The molecule has 5 fully saturated rings. The number of carbonyl (C=O) groups is 2. The number of pyridine rings is 1. The summed E-state index contributed by atoms with van der Waals surface area (Å²) in [6, 6.07) is 17.7. The van der Waals surface area contributed by atoms with Crippen molar-refractivity contribution >= 4 is 96.7 Å². The zero-order valence-corrected chi connectivity index (χ0v) is 43.2. The number of halogens is 1. The number of rotatable bonds is 14. The van der Waals surface area contributed by atoms with Crippen LogP contribution in [0.5, 0.6) is 5.75 Å². The van der Waals surface area contributed by atoms with E-state index in [2.05, 4.69) is 80.5 Å². The Morgan fingerprint density at radius 1 is 0.873 bits per heavy atom. The van der Waals surface area contributed by atoms with Crippen molar-refractivity contribution in [3.8, 4) is 5.75 Å². The largest absolute Gasteiger partial charge is 0.488 e. The van der Waals surface area contributed by atoms with Gasteiger partial charge in [-0.25, -0.2) is 9.78 Å². The van der Waals surface area contributed by atoms with E-state index < -0.39 is 24.8 Å². The second kappa shape index (κ2) is 19.3. The van der Waals surface area contributed by atoms with E-state index in [1.165, 1.54) is 15.8 Å². The topological polar surface area (TPSA) is 183 Å². The van der Waals surface area contributed by atoms with Crippen LogP contribution >= 0.6 is 23.1 Å². The Balaban J connectivity index is 0.704. The number of hydrogen-bond acceptors (Lipinski definition) is 15. The zero-order chi connectivity index (χ0) is 49.1. The van der Waals surface area contributed by atoms with Gasteiger partial charge in [-0.05, 0) is 117 Å². The molecular formula is C52H61BrN11O6P. The standard InChI is InChI=1S/C52H61BrN11O6P/c1-5-33-25-40(57-51-54-27-37(53)49(59-51)56-39-14-13-38-36(12-9-31(2)55-38)48(39)71(3,4)68)45(69-35-10-11-35)26-44(33)62-19-17-34(18-20-62)61-23-21-60(22-24-61)28-32-29-63(30-32)41-7-6-8-42-47(41)70-52(67)64(42)43-15-16-46(65)58-50(43)66/h6-9,12-14,25-27,32,34-35,43H,5,10-11,15-24,28-30H2,1-4H3,(H,58,65,66)(H2,54,56,57,59). The summed E-state index contributed by atoms with van der Waals surface area (Å²) in [5.74, 6) is 0.934. The number of aromatic nitrogens is 4. The van der Waals surface area contributed by atoms with E-state index in [0.717, 1.165) is 136 Å². The van der Waals surface area contributed by atoms with Crippen LogP contribution < -0.4 is 41.5 Å². The molecule has 11 rings (SSSR count). The highest BCUT2D eigenvalue weighted by atomic mass is 79.9. The number of carbonyl (C=O) groups excluding carboxylic acids is 2. The van der Waals surface area contributed by atoms with Crippen molar-refractivity contribution in [1.82, 2.24) is 34.6 Å². The van der Waals surface area contributed by atoms with Crippen LogP contribution in [0.15, 0.2) is 74.5 Å². The lowest BCUT2D eigenvalue weighted by atomic mass is 9.97. The number of amides is 2. The molecule has 5 aliphatic rings. The van der Waals surface area contributed by atoms with Crippen molar-refractivity contribution in [2.24, 2.45) is 5.92 Å². The molecule has 372 valence electrons. The molecule has 3 N–H and O–H groups in total. The van der Waals surface area contributed by atoms with Crippen molar-refractivity contribution in [1.29, 1.82) is 0 Å². The van der Waals surface area contributed by atoms with E-state index in [1.54, 1.807) is 19.5 Å². The normalized spacial score (nSPS) is 19.9. The summed E-state index contributed by atoms with van der Waals surface area (Å²) in [5.41, 5.74) is 7.69. The molecule has 0 radical (unpaired) electrons. The van der Waals surface area contributed by atoms with Crippen LogP contribution in [0.1, 0.15) is 62.7 Å². The summed E-state index contributed by atoms with van der Waals surface area (Å²) >= 11 is 3.66. The van der Waals surface area contributed by atoms with Crippen LogP contribution in [0.2, 0.25) is 0 Å². The average molecular weight is 1050 g/mol. The lowest BCUT2D eigenvalue weighted by Crippen LogP contribution is -2.57. The lowest BCUT2D eigenvalue weighted by Gasteiger charge is -2.46. The minimum absolute atomic E-state index is 0.190. The summed E-state index contributed by atoms with van der Waals surface area (Å²) in [7, 11) is -2.73. The molecule has 1 atom stereocenters. The number of ether oxygens (including phenoxy) is 1. The van der Waals surface area contributed by atoms with Gasteiger partial charge in [-0.2, -0.15) is 4.98 Å². The highest BCUT2D eigenvalue weighted by Crippen LogP contribution is 2.43. The quantitative estimate of drug-likeness (QED) is 0.0718. The highest BCUT2D eigenvalue weighted by Gasteiger charge is 2.36. The molecule has 4 aliphatic heterocycles. The molecule has 0 bridgehead atoms. The number of aryl methyl sites for hydroxylation is 2. The first kappa shape index (κ1) is 47.5. The molecule has 1 saturated carbocycles. The molecule has 6 aromatic rings. The number of nitrogens with zero attached hydrogens (tertiary/aromatic N) is 8. The first-order valence-corrected chi connectivity index (χ1v) is 28.5. The minimum Gasteiger partial charge on any atom is -0.488 e. The van der Waals surface area contributed by atoms with Crippen LogP contribution in [0.4, 0.5) is 34.5 Å². The Kier molecular flexibility index (Phi) is 12.9. The van der Waals surface area contributed by atoms with Gasteiger partial charge in [-0.3, -0.25) is 29.4 Å². The Bertz CT molecular complexity index is 3150.